The van der Waals surface area contributed by atoms with E-state index in [0.717, 1.165) is 25.5 Å². The van der Waals surface area contributed by atoms with Gasteiger partial charge in [0, 0.05) is 32.0 Å². The Morgan fingerprint density at radius 2 is 2.07 bits per heavy atom. The molecule has 1 N–H and O–H groups in total. The summed E-state index contributed by atoms with van der Waals surface area (Å²) < 4.78 is 39.4. The van der Waals surface area contributed by atoms with Gasteiger partial charge in [0.15, 0.2) is 0 Å². The predicted molar refractivity (Wildman–Crippen MR) is 107 cm³/mol. The topological polar surface area (TPSA) is 129 Å². The number of anilines is 2. The van der Waals surface area contributed by atoms with Gasteiger partial charge in [-0.25, -0.2) is 8.42 Å². The number of nitro groups is 1. The Morgan fingerprint density at radius 3 is 2.77 bits per heavy atom. The van der Waals surface area contributed by atoms with Crippen molar-refractivity contribution >= 4 is 27.1 Å². The van der Waals surface area contributed by atoms with Crippen LogP contribution in [-0.4, -0.2) is 66.4 Å². The van der Waals surface area contributed by atoms with E-state index in [0.29, 0.717) is 25.4 Å². The molecule has 1 aromatic heterocycles. The van der Waals surface area contributed by atoms with Crippen LogP contribution in [0.4, 0.5) is 17.1 Å². The summed E-state index contributed by atoms with van der Waals surface area (Å²) in [6, 6.07) is 3.86. The maximum absolute atomic E-state index is 12.8. The second-order valence-corrected chi connectivity index (χ2v) is 9.10. The number of nitrogens with zero attached hydrogens (tertiary/aromatic N) is 4. The van der Waals surface area contributed by atoms with Crippen LogP contribution in [0.25, 0.3) is 0 Å². The fraction of sp³-hybridized carbons (Fsp3) is 0.500. The first-order valence-corrected chi connectivity index (χ1v) is 11.1. The van der Waals surface area contributed by atoms with Gasteiger partial charge in [0.25, 0.3) is 5.69 Å². The van der Waals surface area contributed by atoms with Gasteiger partial charge in [0.2, 0.25) is 10.0 Å². The lowest BCUT2D eigenvalue weighted by Crippen LogP contribution is -2.40. The summed E-state index contributed by atoms with van der Waals surface area (Å²) in [6.07, 6.45) is 5.44. The van der Waals surface area contributed by atoms with Crippen molar-refractivity contribution in [2.24, 2.45) is 0 Å². The van der Waals surface area contributed by atoms with Gasteiger partial charge in [-0.2, -0.15) is 9.40 Å². The molecule has 2 fully saturated rings. The van der Waals surface area contributed by atoms with Crippen LogP contribution in [0, 0.1) is 10.1 Å². The highest BCUT2D eigenvalue weighted by Gasteiger charge is 2.29. The lowest BCUT2D eigenvalue weighted by atomic mass is 10.2. The van der Waals surface area contributed by atoms with Gasteiger partial charge in [-0.1, -0.05) is 0 Å². The smallest absolute Gasteiger partial charge is 0.294 e. The van der Waals surface area contributed by atoms with Crippen molar-refractivity contribution in [1.29, 1.82) is 0 Å². The van der Waals surface area contributed by atoms with E-state index in [4.69, 9.17) is 9.47 Å². The molecule has 11 nitrogen and oxygen atoms in total. The van der Waals surface area contributed by atoms with Crippen molar-refractivity contribution in [3.8, 4) is 0 Å². The average molecular weight is 437 g/mol. The Hall–Kier alpha value is -2.54. The van der Waals surface area contributed by atoms with E-state index in [1.165, 1.54) is 16.4 Å². The lowest BCUT2D eigenvalue weighted by Gasteiger charge is -2.26. The second-order valence-electron chi connectivity index (χ2n) is 7.16. The van der Waals surface area contributed by atoms with Crippen molar-refractivity contribution in [3.63, 3.8) is 0 Å². The largest absolute Gasteiger partial charge is 0.379 e. The molecule has 1 unspecified atom stereocenters. The molecule has 12 heteroatoms. The lowest BCUT2D eigenvalue weighted by molar-refractivity contribution is -0.384. The summed E-state index contributed by atoms with van der Waals surface area (Å²) in [7, 11) is -3.83. The van der Waals surface area contributed by atoms with E-state index >= 15 is 0 Å². The minimum Gasteiger partial charge on any atom is -0.379 e. The molecule has 0 aliphatic carbocycles. The normalized spacial score (nSPS) is 20.3. The minimum absolute atomic E-state index is 0.115. The molecule has 0 radical (unpaired) electrons. The van der Waals surface area contributed by atoms with E-state index in [9.17, 15) is 18.5 Å². The van der Waals surface area contributed by atoms with Crippen LogP contribution < -0.4 is 5.32 Å². The molecule has 0 saturated carbocycles. The van der Waals surface area contributed by atoms with Gasteiger partial charge in [0.1, 0.15) is 5.69 Å². The first-order valence-electron chi connectivity index (χ1n) is 9.71. The molecule has 1 atom stereocenters. The number of nitro benzene ring substituents is 1. The number of nitrogens with one attached hydrogen (secondary N) is 1. The average Bonchev–Trinajstić information content (AvgIpc) is 3.41. The third-order valence-corrected chi connectivity index (χ3v) is 7.00. The van der Waals surface area contributed by atoms with Crippen molar-refractivity contribution in [3.05, 3.63) is 40.7 Å². The standard InChI is InChI=1S/C18H23N5O6S/c24-23(25)18-10-16(30(26,27)22-5-8-28-9-6-22)3-4-17(18)20-14-11-19-21(12-14)13-15-2-1-7-29-15/h3-4,10-12,15,20H,1-2,5-9,13H2. The highest BCUT2D eigenvalue weighted by Crippen LogP contribution is 2.31. The first kappa shape index (κ1) is 20.7. The highest BCUT2D eigenvalue weighted by atomic mass is 32.2. The number of morpholine rings is 1. The van der Waals surface area contributed by atoms with E-state index in [2.05, 4.69) is 10.4 Å². The molecular weight excluding hydrogens is 414 g/mol. The summed E-state index contributed by atoms with van der Waals surface area (Å²) in [5.41, 5.74) is 0.439. The zero-order valence-electron chi connectivity index (χ0n) is 16.3. The summed E-state index contributed by atoms with van der Waals surface area (Å²) in [6.45, 7) is 2.41. The van der Waals surface area contributed by atoms with E-state index in [1.54, 1.807) is 17.1 Å². The van der Waals surface area contributed by atoms with Gasteiger partial charge < -0.3 is 14.8 Å². The predicted octanol–water partition coefficient (Wildman–Crippen LogP) is 1.73. The maximum atomic E-state index is 12.8. The molecule has 3 heterocycles. The number of sulfonamides is 1. The molecule has 0 spiro atoms. The Balaban J connectivity index is 1.54. The van der Waals surface area contributed by atoms with Gasteiger partial charge in [-0.15, -0.1) is 0 Å². The summed E-state index contributed by atoms with van der Waals surface area (Å²) in [5, 5.41) is 18.8. The number of hydrogen-bond donors (Lipinski definition) is 1. The fourth-order valence-electron chi connectivity index (χ4n) is 3.55. The van der Waals surface area contributed by atoms with Crippen LogP contribution in [0.1, 0.15) is 12.8 Å². The van der Waals surface area contributed by atoms with Gasteiger partial charge in [-0.05, 0) is 25.0 Å². The van der Waals surface area contributed by atoms with Crippen LogP contribution in [-0.2, 0) is 26.0 Å². The third-order valence-electron chi connectivity index (χ3n) is 5.10. The van der Waals surface area contributed by atoms with Crippen LogP contribution >= 0.6 is 0 Å². The molecule has 30 heavy (non-hydrogen) atoms. The minimum atomic E-state index is -3.83. The summed E-state index contributed by atoms with van der Waals surface area (Å²) >= 11 is 0. The van der Waals surface area contributed by atoms with E-state index in [1.807, 2.05) is 0 Å². The number of aromatic nitrogens is 2. The number of benzene rings is 1. The zero-order valence-corrected chi connectivity index (χ0v) is 17.1. The number of hydrogen-bond acceptors (Lipinski definition) is 8. The van der Waals surface area contributed by atoms with Crippen LogP contribution in [0.5, 0.6) is 0 Å². The quantitative estimate of drug-likeness (QED) is 0.512. The van der Waals surface area contributed by atoms with Crippen molar-refractivity contribution in [2.75, 3.05) is 38.2 Å². The molecule has 2 saturated heterocycles. The van der Waals surface area contributed by atoms with Crippen molar-refractivity contribution in [2.45, 2.75) is 30.4 Å². The Labute approximate surface area is 173 Å². The molecule has 162 valence electrons. The molecular formula is C18H23N5O6S. The van der Waals surface area contributed by atoms with Gasteiger partial charge in [-0.3, -0.25) is 14.8 Å². The first-order chi connectivity index (χ1) is 14.4. The molecule has 4 rings (SSSR count). The molecule has 0 amide bonds. The molecule has 2 aliphatic heterocycles. The SMILES string of the molecule is O=[N+]([O-])c1cc(S(=O)(=O)N2CCOCC2)ccc1Nc1cnn(CC2CCCO2)c1. The van der Waals surface area contributed by atoms with Crippen LogP contribution in [0.3, 0.4) is 0 Å². The molecule has 2 aliphatic rings. The monoisotopic (exact) mass is 437 g/mol. The Kier molecular flexibility index (Phi) is 5.99. The summed E-state index contributed by atoms with van der Waals surface area (Å²) in [5.74, 6) is 0. The number of ether oxygens (including phenoxy) is 2. The molecule has 1 aromatic carbocycles. The second kappa shape index (κ2) is 8.68. The van der Waals surface area contributed by atoms with E-state index < -0.39 is 14.9 Å². The zero-order chi connectivity index (χ0) is 21.1. The Morgan fingerprint density at radius 1 is 1.27 bits per heavy atom. The van der Waals surface area contributed by atoms with Gasteiger partial charge in [0.05, 0.1) is 47.6 Å². The molecule has 0 bridgehead atoms. The van der Waals surface area contributed by atoms with Crippen LogP contribution in [0.15, 0.2) is 35.5 Å². The maximum Gasteiger partial charge on any atom is 0.294 e. The van der Waals surface area contributed by atoms with Crippen molar-refractivity contribution < 1.29 is 22.8 Å². The third kappa shape index (κ3) is 4.46. The van der Waals surface area contributed by atoms with Crippen LogP contribution in [0.2, 0.25) is 0 Å². The molecule has 2 aromatic rings. The van der Waals surface area contributed by atoms with Crippen molar-refractivity contribution in [1.82, 2.24) is 14.1 Å². The summed E-state index contributed by atoms with van der Waals surface area (Å²) in [4.78, 5) is 10.9. The number of rotatable bonds is 7. The fourth-order valence-corrected chi connectivity index (χ4v) is 4.97. The highest BCUT2D eigenvalue weighted by molar-refractivity contribution is 7.89. The van der Waals surface area contributed by atoms with Gasteiger partial charge >= 0.3 is 0 Å². The van der Waals surface area contributed by atoms with E-state index in [-0.39, 0.29) is 35.5 Å². The Bertz CT molecular complexity index is 1010.